The number of benzene rings is 1. The minimum Gasteiger partial charge on any atom is -0.125 e. The third kappa shape index (κ3) is 2.76. The van der Waals surface area contributed by atoms with Crippen LogP contribution < -0.4 is 0 Å². The molecule has 0 N–H and O–H groups in total. The fourth-order valence-electron chi connectivity index (χ4n) is 0.725. The summed E-state index contributed by atoms with van der Waals surface area (Å²) >= 11 is 7.70. The summed E-state index contributed by atoms with van der Waals surface area (Å²) in [6.07, 6.45) is 1.18. The molecule has 0 amide bonds. The average Bonchev–Trinajstić information content (AvgIpc) is 2.03. The van der Waals surface area contributed by atoms with Crippen LogP contribution in [-0.2, 0) is 0 Å². The van der Waals surface area contributed by atoms with E-state index in [1.165, 1.54) is 6.42 Å². The van der Waals surface area contributed by atoms with E-state index in [0.717, 1.165) is 15.7 Å². The van der Waals surface area contributed by atoms with Crippen molar-refractivity contribution in [2.45, 2.75) is 18.2 Å². The Kier molecular flexibility index (Phi) is 3.81. The van der Waals surface area contributed by atoms with Gasteiger partial charge in [0, 0.05) is 4.90 Å². The van der Waals surface area contributed by atoms with Gasteiger partial charge in [0.05, 0.1) is 5.02 Å². The fraction of sp³-hybridized carbons (Fsp3) is 0.333. The molecule has 0 saturated carbocycles. The molecule has 59 valence electrons. The van der Waals surface area contributed by atoms with Gasteiger partial charge in [-0.2, -0.15) is 0 Å². The molecule has 1 radical (unpaired) electrons. The highest BCUT2D eigenvalue weighted by atomic mass is 35.5. The van der Waals surface area contributed by atoms with E-state index in [1.807, 2.05) is 12.1 Å². The van der Waals surface area contributed by atoms with Gasteiger partial charge in [-0.3, -0.25) is 0 Å². The van der Waals surface area contributed by atoms with Crippen LogP contribution in [-0.4, -0.2) is 5.75 Å². The summed E-state index contributed by atoms with van der Waals surface area (Å²) in [5.74, 6) is 1.13. The minimum absolute atomic E-state index is 0.811. The molecule has 0 aliphatic carbocycles. The van der Waals surface area contributed by atoms with Crippen molar-refractivity contribution in [3.05, 3.63) is 29.3 Å². The van der Waals surface area contributed by atoms with Gasteiger partial charge in [-0.1, -0.05) is 24.6 Å². The maximum Gasteiger partial charge on any atom is 0.0548 e. The van der Waals surface area contributed by atoms with Gasteiger partial charge in [0.15, 0.2) is 0 Å². The highest BCUT2D eigenvalue weighted by molar-refractivity contribution is 7.99. The number of thioether (sulfide) groups is 1. The van der Waals surface area contributed by atoms with Crippen LogP contribution in [0.3, 0.4) is 0 Å². The summed E-state index contributed by atoms with van der Waals surface area (Å²) in [6, 6.07) is 8.63. The molecule has 1 rings (SSSR count). The van der Waals surface area contributed by atoms with Crippen LogP contribution >= 0.6 is 23.4 Å². The fourth-order valence-corrected chi connectivity index (χ4v) is 1.80. The normalized spacial score (nSPS) is 10.0. The first-order chi connectivity index (χ1) is 5.34. The van der Waals surface area contributed by atoms with E-state index in [2.05, 4.69) is 13.0 Å². The Bertz CT molecular complexity index is 223. The first-order valence-electron chi connectivity index (χ1n) is 3.63. The zero-order valence-electron chi connectivity index (χ0n) is 6.43. The van der Waals surface area contributed by atoms with Crippen LogP contribution in [0.5, 0.6) is 0 Å². The van der Waals surface area contributed by atoms with E-state index in [9.17, 15) is 0 Å². The van der Waals surface area contributed by atoms with Crippen molar-refractivity contribution < 1.29 is 0 Å². The number of hydrogen-bond acceptors (Lipinski definition) is 1. The molecule has 0 nitrogen and oxygen atoms in total. The lowest BCUT2D eigenvalue weighted by molar-refractivity contribution is 1.10. The average molecular weight is 186 g/mol. The van der Waals surface area contributed by atoms with Crippen LogP contribution in [0.15, 0.2) is 23.1 Å². The van der Waals surface area contributed by atoms with Crippen LogP contribution in [0.1, 0.15) is 13.3 Å². The Morgan fingerprint density at radius 3 is 3.09 bits per heavy atom. The maximum atomic E-state index is 5.91. The third-order valence-electron chi connectivity index (χ3n) is 1.24. The Morgan fingerprint density at radius 1 is 1.64 bits per heavy atom. The second-order valence-corrected chi connectivity index (χ2v) is 3.75. The molecule has 1 aromatic rings. The third-order valence-corrected chi connectivity index (χ3v) is 2.94. The van der Waals surface area contributed by atoms with E-state index < -0.39 is 0 Å². The highest BCUT2D eigenvalue weighted by Gasteiger charge is 1.96. The maximum absolute atomic E-state index is 5.91. The van der Waals surface area contributed by atoms with Crippen molar-refractivity contribution in [2.24, 2.45) is 0 Å². The first-order valence-corrected chi connectivity index (χ1v) is 4.99. The lowest BCUT2D eigenvalue weighted by Gasteiger charge is -2.00. The predicted molar refractivity (Wildman–Crippen MR) is 51.3 cm³/mol. The van der Waals surface area contributed by atoms with Crippen molar-refractivity contribution >= 4 is 23.4 Å². The molecule has 0 spiro atoms. The van der Waals surface area contributed by atoms with Crippen LogP contribution in [0.4, 0.5) is 0 Å². The Labute approximate surface area is 77.0 Å². The minimum atomic E-state index is 0.811. The van der Waals surface area contributed by atoms with Crippen molar-refractivity contribution in [3.63, 3.8) is 0 Å². The second-order valence-electron chi connectivity index (χ2n) is 2.20. The number of hydrogen-bond donors (Lipinski definition) is 0. The summed E-state index contributed by atoms with van der Waals surface area (Å²) in [6.45, 7) is 2.16. The zero-order valence-corrected chi connectivity index (χ0v) is 8.00. The van der Waals surface area contributed by atoms with E-state index >= 15 is 0 Å². The number of halogens is 1. The molecule has 11 heavy (non-hydrogen) atoms. The van der Waals surface area contributed by atoms with E-state index in [1.54, 1.807) is 17.8 Å². The van der Waals surface area contributed by atoms with Crippen molar-refractivity contribution in [1.29, 1.82) is 0 Å². The molecule has 0 heterocycles. The van der Waals surface area contributed by atoms with Crippen molar-refractivity contribution in [2.75, 3.05) is 5.75 Å². The lowest BCUT2D eigenvalue weighted by atomic mass is 10.4. The van der Waals surface area contributed by atoms with E-state index in [0.29, 0.717) is 0 Å². The summed E-state index contributed by atoms with van der Waals surface area (Å²) in [4.78, 5) is 1.16. The predicted octanol–water partition coefficient (Wildman–Crippen LogP) is 3.64. The Balaban J connectivity index is 2.62. The van der Waals surface area contributed by atoms with Crippen LogP contribution in [0.2, 0.25) is 5.02 Å². The van der Waals surface area contributed by atoms with Crippen LogP contribution in [0, 0.1) is 6.07 Å². The number of rotatable bonds is 3. The molecule has 2 heteroatoms. The van der Waals surface area contributed by atoms with Crippen molar-refractivity contribution in [3.8, 4) is 0 Å². The molecule has 1 aromatic carbocycles. The molecular weight excluding hydrogens is 176 g/mol. The van der Waals surface area contributed by atoms with Crippen molar-refractivity contribution in [1.82, 2.24) is 0 Å². The highest BCUT2D eigenvalue weighted by Crippen LogP contribution is 2.26. The monoisotopic (exact) mass is 185 g/mol. The van der Waals surface area contributed by atoms with Crippen LogP contribution in [0.25, 0.3) is 0 Å². The largest absolute Gasteiger partial charge is 0.125 e. The Hall–Kier alpha value is -0.140. The molecular formula is C9H10ClS. The summed E-state index contributed by atoms with van der Waals surface area (Å²) in [5, 5.41) is 0.811. The molecule has 0 fully saturated rings. The standard InChI is InChI=1S/C9H10ClS/c1-2-7-11-9-6-4-3-5-8(9)10/h4-6H,2,7H2,1H3. The second kappa shape index (κ2) is 4.68. The van der Waals surface area contributed by atoms with Gasteiger partial charge >= 0.3 is 0 Å². The van der Waals surface area contributed by atoms with Gasteiger partial charge in [-0.15, -0.1) is 11.8 Å². The molecule has 0 aliphatic heterocycles. The van der Waals surface area contributed by atoms with Gasteiger partial charge in [-0.25, -0.2) is 0 Å². The topological polar surface area (TPSA) is 0 Å². The molecule has 0 unspecified atom stereocenters. The first kappa shape index (κ1) is 8.95. The van der Waals surface area contributed by atoms with Gasteiger partial charge in [0.2, 0.25) is 0 Å². The van der Waals surface area contributed by atoms with Gasteiger partial charge in [0.25, 0.3) is 0 Å². The lowest BCUT2D eigenvalue weighted by Crippen LogP contribution is -1.76. The molecule has 0 bridgehead atoms. The Morgan fingerprint density at radius 2 is 2.45 bits per heavy atom. The molecule has 0 saturated heterocycles. The smallest absolute Gasteiger partial charge is 0.0548 e. The zero-order chi connectivity index (χ0) is 8.10. The van der Waals surface area contributed by atoms with E-state index in [-0.39, 0.29) is 0 Å². The van der Waals surface area contributed by atoms with Gasteiger partial charge in [-0.05, 0) is 30.4 Å². The summed E-state index contributed by atoms with van der Waals surface area (Å²) < 4.78 is 0. The van der Waals surface area contributed by atoms with E-state index in [4.69, 9.17) is 11.6 Å². The molecule has 0 aromatic heterocycles. The SMILES string of the molecule is CCCSc1cc[c]cc1Cl. The quantitative estimate of drug-likeness (QED) is 0.648. The van der Waals surface area contributed by atoms with Gasteiger partial charge < -0.3 is 0 Å². The molecule has 0 aliphatic rings. The van der Waals surface area contributed by atoms with Gasteiger partial charge in [0.1, 0.15) is 0 Å². The summed E-state index contributed by atoms with van der Waals surface area (Å²) in [7, 11) is 0. The molecule has 0 atom stereocenters. The summed E-state index contributed by atoms with van der Waals surface area (Å²) in [5.41, 5.74) is 0.